The Morgan fingerprint density at radius 1 is 1.25 bits per heavy atom. The number of halogens is 1. The van der Waals surface area contributed by atoms with Gasteiger partial charge in [-0.1, -0.05) is 5.16 Å². The van der Waals surface area contributed by atoms with Crippen molar-refractivity contribution in [1.29, 1.82) is 0 Å². The first-order chi connectivity index (χ1) is 11.2. The van der Waals surface area contributed by atoms with Crippen LogP contribution in [0, 0.1) is 6.92 Å². The van der Waals surface area contributed by atoms with Gasteiger partial charge in [0.25, 0.3) is 0 Å². The molecule has 0 saturated carbocycles. The standard InChI is InChI=1S/C15H19N5O3.HI/c1-10-18-14(20-23-10)9-17-15(16-2)19-11-4-5-12-13(8-11)22-7-3-6-21-12;/h4-5,8H,3,6-7,9H2,1-2H3,(H2,16,17,19);1H. The largest absolute Gasteiger partial charge is 0.490 e. The van der Waals surface area contributed by atoms with Gasteiger partial charge in [-0.3, -0.25) is 4.99 Å². The van der Waals surface area contributed by atoms with Gasteiger partial charge in [0, 0.05) is 32.1 Å². The number of aliphatic imine (C=N–C) groups is 1. The van der Waals surface area contributed by atoms with Crippen LogP contribution in [-0.2, 0) is 6.54 Å². The Labute approximate surface area is 157 Å². The fourth-order valence-corrected chi connectivity index (χ4v) is 2.13. The summed E-state index contributed by atoms with van der Waals surface area (Å²) < 4.78 is 16.2. The lowest BCUT2D eigenvalue weighted by molar-refractivity contribution is 0.297. The monoisotopic (exact) mass is 445 g/mol. The molecule has 130 valence electrons. The molecule has 0 bridgehead atoms. The second-order valence-electron chi connectivity index (χ2n) is 4.99. The minimum Gasteiger partial charge on any atom is -0.490 e. The van der Waals surface area contributed by atoms with Crippen molar-refractivity contribution in [2.45, 2.75) is 19.9 Å². The first kappa shape index (κ1) is 18.3. The van der Waals surface area contributed by atoms with Crippen molar-refractivity contribution in [3.05, 3.63) is 29.9 Å². The van der Waals surface area contributed by atoms with E-state index >= 15 is 0 Å². The number of rotatable bonds is 3. The number of hydrogen-bond acceptors (Lipinski definition) is 6. The van der Waals surface area contributed by atoms with E-state index in [0.717, 1.165) is 23.6 Å². The molecule has 0 radical (unpaired) electrons. The van der Waals surface area contributed by atoms with Gasteiger partial charge < -0.3 is 24.6 Å². The Bertz CT molecular complexity index is 704. The van der Waals surface area contributed by atoms with E-state index in [2.05, 4.69) is 25.8 Å². The van der Waals surface area contributed by atoms with Crippen LogP contribution >= 0.6 is 24.0 Å². The van der Waals surface area contributed by atoms with Gasteiger partial charge in [0.15, 0.2) is 23.3 Å². The van der Waals surface area contributed by atoms with Crippen LogP contribution in [0.25, 0.3) is 0 Å². The fraction of sp³-hybridized carbons (Fsp3) is 0.400. The van der Waals surface area contributed by atoms with E-state index < -0.39 is 0 Å². The summed E-state index contributed by atoms with van der Waals surface area (Å²) in [4.78, 5) is 8.30. The summed E-state index contributed by atoms with van der Waals surface area (Å²) in [5.74, 6) is 3.20. The Kier molecular flexibility index (Phi) is 6.64. The van der Waals surface area contributed by atoms with Gasteiger partial charge in [0.05, 0.1) is 19.8 Å². The fourth-order valence-electron chi connectivity index (χ4n) is 2.13. The van der Waals surface area contributed by atoms with Crippen LogP contribution in [0.1, 0.15) is 18.1 Å². The third-order valence-electron chi connectivity index (χ3n) is 3.22. The molecule has 2 aromatic rings. The Morgan fingerprint density at radius 3 is 2.75 bits per heavy atom. The zero-order valence-electron chi connectivity index (χ0n) is 13.5. The molecule has 1 aromatic carbocycles. The maximum Gasteiger partial charge on any atom is 0.223 e. The zero-order chi connectivity index (χ0) is 16.1. The highest BCUT2D eigenvalue weighted by Gasteiger charge is 2.11. The number of fused-ring (bicyclic) bond motifs is 1. The Hall–Kier alpha value is -2.04. The van der Waals surface area contributed by atoms with Gasteiger partial charge in [0.1, 0.15) is 0 Å². The molecule has 2 N–H and O–H groups in total. The Balaban J connectivity index is 0.00000208. The molecule has 0 atom stereocenters. The van der Waals surface area contributed by atoms with E-state index in [1.165, 1.54) is 0 Å². The first-order valence-corrected chi connectivity index (χ1v) is 7.41. The molecule has 1 aromatic heterocycles. The molecule has 1 aliphatic heterocycles. The molecule has 0 saturated heterocycles. The molecular formula is C15H20IN5O3. The van der Waals surface area contributed by atoms with Crippen LogP contribution in [0.5, 0.6) is 11.5 Å². The third-order valence-corrected chi connectivity index (χ3v) is 3.22. The maximum atomic E-state index is 5.68. The summed E-state index contributed by atoms with van der Waals surface area (Å²) in [5, 5.41) is 10.1. The van der Waals surface area contributed by atoms with Crippen molar-refractivity contribution in [3.63, 3.8) is 0 Å². The highest BCUT2D eigenvalue weighted by Crippen LogP contribution is 2.32. The van der Waals surface area contributed by atoms with Crippen molar-refractivity contribution >= 4 is 35.6 Å². The van der Waals surface area contributed by atoms with Gasteiger partial charge in [-0.15, -0.1) is 24.0 Å². The summed E-state index contributed by atoms with van der Waals surface area (Å²) in [5.41, 5.74) is 0.853. The van der Waals surface area contributed by atoms with Gasteiger partial charge in [0.2, 0.25) is 5.89 Å². The lowest BCUT2D eigenvalue weighted by Crippen LogP contribution is -2.30. The summed E-state index contributed by atoms with van der Waals surface area (Å²) in [6, 6.07) is 5.70. The smallest absolute Gasteiger partial charge is 0.223 e. The van der Waals surface area contributed by atoms with Crippen molar-refractivity contribution in [3.8, 4) is 11.5 Å². The van der Waals surface area contributed by atoms with Crippen molar-refractivity contribution < 1.29 is 14.0 Å². The minimum atomic E-state index is 0. The molecule has 1 aliphatic rings. The zero-order valence-corrected chi connectivity index (χ0v) is 15.9. The molecule has 24 heavy (non-hydrogen) atoms. The van der Waals surface area contributed by atoms with Gasteiger partial charge in [-0.25, -0.2) is 0 Å². The topological polar surface area (TPSA) is 93.8 Å². The number of hydrogen-bond donors (Lipinski definition) is 2. The third kappa shape index (κ3) is 4.73. The van der Waals surface area contributed by atoms with Crippen molar-refractivity contribution in [2.24, 2.45) is 4.99 Å². The number of benzene rings is 1. The van der Waals surface area contributed by atoms with Crippen LogP contribution in [0.2, 0.25) is 0 Å². The van der Waals surface area contributed by atoms with Crippen LogP contribution < -0.4 is 20.1 Å². The summed E-state index contributed by atoms with van der Waals surface area (Å²) in [6.07, 6.45) is 0.880. The highest BCUT2D eigenvalue weighted by molar-refractivity contribution is 14.0. The van der Waals surface area contributed by atoms with Gasteiger partial charge in [-0.2, -0.15) is 4.98 Å². The molecule has 0 fully saturated rings. The van der Waals surface area contributed by atoms with Crippen LogP contribution in [0.4, 0.5) is 5.69 Å². The minimum absolute atomic E-state index is 0. The second-order valence-corrected chi connectivity index (χ2v) is 4.99. The van der Waals surface area contributed by atoms with Gasteiger partial charge in [-0.05, 0) is 12.1 Å². The Morgan fingerprint density at radius 2 is 2.04 bits per heavy atom. The molecular weight excluding hydrogens is 425 g/mol. The molecule has 0 aliphatic carbocycles. The van der Waals surface area contributed by atoms with E-state index in [-0.39, 0.29) is 24.0 Å². The van der Waals surface area contributed by atoms with E-state index in [0.29, 0.717) is 37.4 Å². The number of nitrogens with zero attached hydrogens (tertiary/aromatic N) is 3. The SMILES string of the molecule is CN=C(NCc1noc(C)n1)Nc1ccc2c(c1)OCCCO2.I. The maximum absolute atomic E-state index is 5.68. The second kappa shape index (κ2) is 8.71. The lowest BCUT2D eigenvalue weighted by atomic mass is 10.3. The number of nitrogens with one attached hydrogen (secondary N) is 2. The summed E-state index contributed by atoms with van der Waals surface area (Å²) >= 11 is 0. The molecule has 8 nitrogen and oxygen atoms in total. The predicted octanol–water partition coefficient (Wildman–Crippen LogP) is 2.34. The van der Waals surface area contributed by atoms with Crippen LogP contribution in [-0.4, -0.2) is 36.4 Å². The number of aryl methyl sites for hydroxylation is 1. The molecule has 0 unspecified atom stereocenters. The first-order valence-electron chi connectivity index (χ1n) is 7.41. The van der Waals surface area contributed by atoms with E-state index in [4.69, 9.17) is 14.0 Å². The quantitative estimate of drug-likeness (QED) is 0.426. The average Bonchev–Trinajstić information content (AvgIpc) is 2.83. The van der Waals surface area contributed by atoms with Crippen molar-refractivity contribution in [2.75, 3.05) is 25.6 Å². The average molecular weight is 445 g/mol. The van der Waals surface area contributed by atoms with E-state index in [1.807, 2.05) is 18.2 Å². The molecule has 0 spiro atoms. The van der Waals surface area contributed by atoms with E-state index in [1.54, 1.807) is 14.0 Å². The summed E-state index contributed by atoms with van der Waals surface area (Å²) in [6.45, 7) is 3.50. The number of anilines is 1. The molecule has 9 heteroatoms. The predicted molar refractivity (Wildman–Crippen MR) is 100 cm³/mol. The molecule has 3 rings (SSSR count). The number of aromatic nitrogens is 2. The highest BCUT2D eigenvalue weighted by atomic mass is 127. The van der Waals surface area contributed by atoms with Crippen molar-refractivity contribution in [1.82, 2.24) is 15.5 Å². The molecule has 0 amide bonds. The number of guanidine groups is 1. The lowest BCUT2D eigenvalue weighted by Gasteiger charge is -2.13. The number of ether oxygens (including phenoxy) is 2. The van der Waals surface area contributed by atoms with Gasteiger partial charge >= 0.3 is 0 Å². The van der Waals surface area contributed by atoms with E-state index in [9.17, 15) is 0 Å². The summed E-state index contributed by atoms with van der Waals surface area (Å²) in [7, 11) is 1.69. The normalized spacial score (nSPS) is 13.7. The van der Waals surface area contributed by atoms with Crippen LogP contribution in [0.3, 0.4) is 0 Å². The van der Waals surface area contributed by atoms with Crippen LogP contribution in [0.15, 0.2) is 27.7 Å². The molecule has 2 heterocycles.